The molecule has 0 heteroatoms. The predicted molar refractivity (Wildman–Crippen MR) is 64.3 cm³/mol. The SMILES string of the molecule is [2H]C1=C(C)[C@H](CCCC)C[C@@H](C(=C)C)C1. The van der Waals surface area contributed by atoms with E-state index in [0.717, 1.165) is 12.5 Å². The van der Waals surface area contributed by atoms with Crippen molar-refractivity contribution in [3.8, 4) is 0 Å². The second-order valence-corrected chi connectivity index (χ2v) is 4.68. The minimum atomic E-state index is 0.558. The van der Waals surface area contributed by atoms with Gasteiger partial charge in [0.1, 0.15) is 0 Å². The van der Waals surface area contributed by atoms with Crippen molar-refractivity contribution in [2.75, 3.05) is 0 Å². The summed E-state index contributed by atoms with van der Waals surface area (Å²) in [6.45, 7) is 10.5. The molecule has 14 heavy (non-hydrogen) atoms. The zero-order chi connectivity index (χ0) is 11.4. The lowest BCUT2D eigenvalue weighted by Gasteiger charge is -2.28. The van der Waals surface area contributed by atoms with E-state index in [-0.39, 0.29) is 0 Å². The van der Waals surface area contributed by atoms with Crippen LogP contribution in [0.3, 0.4) is 0 Å². The molecular formula is C14H24. The molecule has 0 radical (unpaired) electrons. The van der Waals surface area contributed by atoms with Crippen LogP contribution in [-0.4, -0.2) is 0 Å². The standard InChI is InChI=1S/C14H24/c1-5-6-7-14-10-13(11(2)3)9-8-12(14)4/h8,13-14H,2,5-7,9-10H2,1,3-4H3/t13-,14+/m0/s1/i8D. The van der Waals surface area contributed by atoms with Gasteiger partial charge in [-0.15, -0.1) is 0 Å². The van der Waals surface area contributed by atoms with E-state index in [9.17, 15) is 0 Å². The summed E-state index contributed by atoms with van der Waals surface area (Å²) in [6, 6.07) is 0.871. The van der Waals surface area contributed by atoms with Crippen molar-refractivity contribution >= 4 is 0 Å². The maximum Gasteiger partial charge on any atom is 0.0576 e. The fraction of sp³-hybridized carbons (Fsp3) is 0.714. The van der Waals surface area contributed by atoms with Gasteiger partial charge in [-0.1, -0.05) is 43.5 Å². The molecule has 0 saturated carbocycles. The predicted octanol–water partition coefficient (Wildman–Crippen LogP) is 4.73. The van der Waals surface area contributed by atoms with Gasteiger partial charge < -0.3 is 0 Å². The number of rotatable bonds is 4. The Balaban J connectivity index is 2.69. The van der Waals surface area contributed by atoms with E-state index in [1.165, 1.54) is 36.8 Å². The van der Waals surface area contributed by atoms with E-state index in [1.807, 2.05) is 0 Å². The van der Waals surface area contributed by atoms with Crippen LogP contribution in [0.1, 0.15) is 54.2 Å². The summed E-state index contributed by atoms with van der Waals surface area (Å²) in [6.07, 6.45) is 5.95. The highest BCUT2D eigenvalue weighted by molar-refractivity contribution is 5.13. The van der Waals surface area contributed by atoms with Crippen molar-refractivity contribution in [1.82, 2.24) is 0 Å². The molecule has 0 aliphatic heterocycles. The summed E-state index contributed by atoms with van der Waals surface area (Å²) >= 11 is 0. The summed E-state index contributed by atoms with van der Waals surface area (Å²) < 4.78 is 8.01. The van der Waals surface area contributed by atoms with Gasteiger partial charge in [-0.3, -0.25) is 0 Å². The Morgan fingerprint density at radius 3 is 3.00 bits per heavy atom. The second kappa shape index (κ2) is 5.38. The molecule has 0 unspecified atom stereocenters. The van der Waals surface area contributed by atoms with Crippen LogP contribution >= 0.6 is 0 Å². The average molecular weight is 193 g/mol. The van der Waals surface area contributed by atoms with E-state index in [0.29, 0.717) is 11.8 Å². The summed E-state index contributed by atoms with van der Waals surface area (Å²) in [7, 11) is 0. The normalized spacial score (nSPS) is 28.9. The first-order valence-electron chi connectivity index (χ1n) is 6.37. The molecule has 80 valence electrons. The van der Waals surface area contributed by atoms with Crippen LogP contribution in [0.15, 0.2) is 23.8 Å². The Bertz CT molecular complexity index is 263. The molecule has 0 heterocycles. The molecule has 1 aliphatic rings. The molecule has 0 nitrogen and oxygen atoms in total. The fourth-order valence-corrected chi connectivity index (χ4v) is 2.19. The van der Waals surface area contributed by atoms with Gasteiger partial charge in [0.2, 0.25) is 0 Å². The number of hydrogen-bond donors (Lipinski definition) is 0. The highest BCUT2D eigenvalue weighted by Crippen LogP contribution is 2.35. The van der Waals surface area contributed by atoms with E-state index in [2.05, 4.69) is 27.4 Å². The lowest BCUT2D eigenvalue weighted by Crippen LogP contribution is -2.15. The maximum absolute atomic E-state index is 8.01. The van der Waals surface area contributed by atoms with Crippen LogP contribution in [0, 0.1) is 11.8 Å². The number of allylic oxidation sites excluding steroid dienone is 3. The van der Waals surface area contributed by atoms with Crippen LogP contribution in [0.2, 0.25) is 0 Å². The monoisotopic (exact) mass is 193 g/mol. The minimum Gasteiger partial charge on any atom is -0.0998 e. The summed E-state index contributed by atoms with van der Waals surface area (Å²) in [4.78, 5) is 0. The van der Waals surface area contributed by atoms with Gasteiger partial charge in [0, 0.05) is 0 Å². The van der Waals surface area contributed by atoms with Gasteiger partial charge in [0.15, 0.2) is 0 Å². The Morgan fingerprint density at radius 1 is 1.71 bits per heavy atom. The highest BCUT2D eigenvalue weighted by Gasteiger charge is 2.21. The molecule has 0 spiro atoms. The topological polar surface area (TPSA) is 0 Å². The lowest BCUT2D eigenvalue weighted by molar-refractivity contribution is 0.395. The summed E-state index contributed by atoms with van der Waals surface area (Å²) in [5, 5.41) is 0. The quantitative estimate of drug-likeness (QED) is 0.566. The van der Waals surface area contributed by atoms with Crippen LogP contribution in [-0.2, 0) is 0 Å². The van der Waals surface area contributed by atoms with E-state index in [4.69, 9.17) is 1.37 Å². The van der Waals surface area contributed by atoms with E-state index >= 15 is 0 Å². The second-order valence-electron chi connectivity index (χ2n) is 4.68. The van der Waals surface area contributed by atoms with Crippen LogP contribution < -0.4 is 0 Å². The van der Waals surface area contributed by atoms with Gasteiger partial charge in [-0.05, 0) is 44.9 Å². The van der Waals surface area contributed by atoms with Gasteiger partial charge >= 0.3 is 0 Å². The summed E-state index contributed by atoms with van der Waals surface area (Å²) in [5.74, 6) is 1.20. The molecule has 0 amide bonds. The van der Waals surface area contributed by atoms with Crippen molar-refractivity contribution in [3.05, 3.63) is 23.8 Å². The Hall–Kier alpha value is -0.520. The maximum atomic E-state index is 8.01. The van der Waals surface area contributed by atoms with Gasteiger partial charge in [0.25, 0.3) is 0 Å². The van der Waals surface area contributed by atoms with Gasteiger partial charge in [-0.2, -0.15) is 0 Å². The van der Waals surface area contributed by atoms with E-state index in [1.54, 1.807) is 0 Å². The van der Waals surface area contributed by atoms with Crippen LogP contribution in [0.25, 0.3) is 0 Å². The lowest BCUT2D eigenvalue weighted by atomic mass is 9.77. The third kappa shape index (κ3) is 3.01. The smallest absolute Gasteiger partial charge is 0.0576 e. The first-order valence-corrected chi connectivity index (χ1v) is 5.87. The Labute approximate surface area is 90.5 Å². The third-order valence-corrected chi connectivity index (χ3v) is 3.41. The number of unbranched alkanes of at least 4 members (excludes halogenated alkanes) is 1. The van der Waals surface area contributed by atoms with Gasteiger partial charge in [0.05, 0.1) is 1.37 Å². The molecule has 0 fully saturated rings. The zero-order valence-corrected chi connectivity index (χ0v) is 9.90. The molecule has 0 aromatic rings. The van der Waals surface area contributed by atoms with Crippen molar-refractivity contribution in [2.24, 2.45) is 11.8 Å². The Kier molecular flexibility index (Phi) is 3.85. The van der Waals surface area contributed by atoms with Crippen molar-refractivity contribution in [1.29, 1.82) is 0 Å². The molecule has 0 aromatic heterocycles. The molecular weight excluding hydrogens is 168 g/mol. The molecule has 1 aliphatic carbocycles. The number of hydrogen-bond acceptors (Lipinski definition) is 0. The minimum absolute atomic E-state index is 0.558. The average Bonchev–Trinajstić information content (AvgIpc) is 2.19. The molecule has 0 N–H and O–H groups in total. The highest BCUT2D eigenvalue weighted by atomic mass is 14.3. The first kappa shape index (κ1) is 10.0. The summed E-state index contributed by atoms with van der Waals surface area (Å²) in [5.41, 5.74) is 2.59. The van der Waals surface area contributed by atoms with Crippen molar-refractivity contribution < 1.29 is 1.37 Å². The Morgan fingerprint density at radius 2 is 2.43 bits per heavy atom. The van der Waals surface area contributed by atoms with Gasteiger partial charge in [-0.25, -0.2) is 0 Å². The zero-order valence-electron chi connectivity index (χ0n) is 10.9. The van der Waals surface area contributed by atoms with Crippen molar-refractivity contribution in [2.45, 2.75) is 52.9 Å². The van der Waals surface area contributed by atoms with Crippen LogP contribution in [0.5, 0.6) is 0 Å². The largest absolute Gasteiger partial charge is 0.0998 e. The molecule has 2 atom stereocenters. The first-order chi connectivity index (χ1) is 7.06. The molecule has 0 aromatic carbocycles. The van der Waals surface area contributed by atoms with Crippen molar-refractivity contribution in [3.63, 3.8) is 0 Å². The third-order valence-electron chi connectivity index (χ3n) is 3.41. The van der Waals surface area contributed by atoms with E-state index < -0.39 is 0 Å². The fourth-order valence-electron chi connectivity index (χ4n) is 2.19. The molecule has 0 bridgehead atoms. The van der Waals surface area contributed by atoms with Crippen LogP contribution in [0.4, 0.5) is 0 Å². The molecule has 1 rings (SSSR count). The molecule has 0 saturated heterocycles.